The first-order valence-electron chi connectivity index (χ1n) is 9.89. The average molecular weight is 951 g/mol. The molecule has 0 amide bonds. The van der Waals surface area contributed by atoms with Crippen molar-refractivity contribution in [2.24, 2.45) is 0 Å². The second-order valence-corrected chi connectivity index (χ2v) is 10.2. The number of hydrogen-bond acceptors (Lipinski definition) is 8. The quantitative estimate of drug-likeness (QED) is 0.118. The van der Waals surface area contributed by atoms with Gasteiger partial charge in [0, 0.05) is 6.92 Å². The summed E-state index contributed by atoms with van der Waals surface area (Å²) in [5.74, 6) is -20.8. The highest BCUT2D eigenvalue weighted by molar-refractivity contribution is 6.75. The summed E-state index contributed by atoms with van der Waals surface area (Å²) in [7, 11) is 0. The molecule has 0 aromatic rings. The van der Waals surface area contributed by atoms with Gasteiger partial charge in [0.15, 0.2) is 0 Å². The van der Waals surface area contributed by atoms with Crippen molar-refractivity contribution in [2.75, 3.05) is 5.88 Å². The van der Waals surface area contributed by atoms with Crippen molar-refractivity contribution in [3.05, 3.63) is 0 Å². The first-order valence-corrected chi connectivity index (χ1v) is 12.8. The Hall–Kier alpha value is -3.05. The molecule has 0 spiro atoms. The van der Waals surface area contributed by atoms with Crippen LogP contribution in [0.4, 0.5) is 52.7 Å². The summed E-state index contributed by atoms with van der Waals surface area (Å²) in [6.45, 7) is 1.08. The molecule has 0 atom stereocenters. The molecule has 0 aliphatic heterocycles. The molecule has 35 heteroatoms. The third-order valence-corrected chi connectivity index (χ3v) is 3.09. The Labute approximate surface area is 311 Å². The van der Waals surface area contributed by atoms with Gasteiger partial charge in [0.25, 0.3) is 9.76 Å². The maximum Gasteiger partial charge on any atom is 0.490 e. The normalized spacial score (nSPS) is 10.4. The number of rotatable bonds is 5. The van der Waals surface area contributed by atoms with Crippen molar-refractivity contribution in [3.8, 4) is 0 Å². The van der Waals surface area contributed by atoms with Gasteiger partial charge in [-0.3, -0.25) is 9.59 Å². The van der Waals surface area contributed by atoms with Gasteiger partial charge in [-0.05, 0) is 11.6 Å². The van der Waals surface area contributed by atoms with E-state index in [0.29, 0.717) is 0 Å². The summed E-state index contributed by atoms with van der Waals surface area (Å²) in [4.78, 5) is 72.2. The van der Waals surface area contributed by atoms with E-state index in [9.17, 15) is 71.9 Å². The van der Waals surface area contributed by atoms with E-state index in [-0.39, 0.29) is 5.88 Å². The molecule has 0 aliphatic rings. The van der Waals surface area contributed by atoms with E-state index in [2.05, 4.69) is 11.6 Å². The van der Waals surface area contributed by atoms with E-state index in [1.54, 1.807) is 0 Å². The molecule has 0 bridgehead atoms. The topological polar surface area (TPSA) is 298 Å². The number of carboxylic acid groups (broad SMARTS) is 8. The molecule has 0 unspecified atom stereocenters. The largest absolute Gasteiger partial charge is 0.490 e. The minimum absolute atomic E-state index is 0.306. The van der Waals surface area contributed by atoms with Crippen LogP contribution in [0.5, 0.6) is 0 Å². The monoisotopic (exact) mass is 948 g/mol. The van der Waals surface area contributed by atoms with E-state index in [1.165, 1.54) is 0 Å². The van der Waals surface area contributed by atoms with Crippen LogP contribution < -0.4 is 0 Å². The van der Waals surface area contributed by atoms with Crippen molar-refractivity contribution < 1.29 is 132 Å². The maximum absolute atomic E-state index is 11.3. The van der Waals surface area contributed by atoms with Crippen molar-refractivity contribution in [1.82, 2.24) is 0 Å². The summed E-state index contributed by atoms with van der Waals surface area (Å²) in [5, 5.41) is 55.5. The van der Waals surface area contributed by atoms with Crippen LogP contribution in [0.3, 0.4) is 0 Å². The van der Waals surface area contributed by atoms with Crippen LogP contribution in [0.1, 0.15) is 6.92 Å². The highest BCUT2D eigenvalue weighted by Crippen LogP contribution is 2.35. The van der Waals surface area contributed by atoms with Crippen LogP contribution in [0.25, 0.3) is 0 Å². The Kier molecular flexibility index (Phi) is 40.6. The summed E-state index contributed by atoms with van der Waals surface area (Å²) in [5.41, 5.74) is 0. The molecule has 16 nitrogen and oxygen atoms in total. The molecule has 8 N–H and O–H groups in total. The third-order valence-electron chi connectivity index (χ3n) is 1.84. The molecule has 0 saturated carbocycles. The minimum atomic E-state index is -6.02. The fourth-order valence-electron chi connectivity index (χ4n) is 0.121. The minimum Gasteiger partial charge on any atom is -0.481 e. The molecule has 312 valence electrons. The van der Waals surface area contributed by atoms with Crippen molar-refractivity contribution in [2.45, 2.75) is 45.6 Å². The third kappa shape index (κ3) is 62.1. The molecule has 0 heterocycles. The van der Waals surface area contributed by atoms with E-state index >= 15 is 0 Å². The van der Waals surface area contributed by atoms with Crippen molar-refractivity contribution in [1.29, 1.82) is 0 Å². The average Bonchev–Trinajstić information content (AvgIpc) is 2.88. The van der Waals surface area contributed by atoms with Crippen LogP contribution >= 0.6 is 81.2 Å². The zero-order valence-electron chi connectivity index (χ0n) is 23.4. The lowest BCUT2D eigenvalue weighted by Gasteiger charge is -2.13. The lowest BCUT2D eigenvalue weighted by molar-refractivity contribution is -0.277. The second-order valence-electron chi connectivity index (χ2n) is 6.11. The highest BCUT2D eigenvalue weighted by Gasteiger charge is 2.64. The molecule has 0 fully saturated rings. The van der Waals surface area contributed by atoms with Gasteiger partial charge in [0.05, 0.1) is 0 Å². The predicted octanol–water partition coefficient (Wildman–Crippen LogP) is 5.86. The number of halogens is 19. The molecule has 52 heavy (non-hydrogen) atoms. The number of hydrogen-bond donors (Lipinski definition) is 8. The SMILES string of the molecule is CC(=O)O.O=C(O)C(Cl)(Cl)Cl.O=C(O)C(Cl)Cl.O=C(O)C(F)(F)C(F)(F)F.O=C(O)C(F)(F)Cl.O=C(O)C(F)(F)F.O=C(O)C(F)F.O=C(O)CCl. The highest BCUT2D eigenvalue weighted by atomic mass is 35.6. The lowest BCUT2D eigenvalue weighted by Crippen LogP contribution is -2.43. The molecule has 0 aromatic carbocycles. The Morgan fingerprint density at radius 2 is 0.731 bits per heavy atom. The molecular weight excluding hydrogens is 936 g/mol. The molecule has 0 saturated heterocycles. The standard InChI is InChI=1S/C3HF5O2.C2HCl3O2.C2H2Cl2O2.C2HClF2O2.C2H3ClO2.C2HF3O2.C2H2F2O2.C2H4O2/c4-2(5,1(9)10)3(6,7)8;3-2(4,5)1(6)7;3-1(4)2(5)6;3-2(4,5)1(6)7;3-1-2(4)5;3-2(4,5)1(6)7;3-1(4)2(5)6;1-2(3)4/h(H,9,10);(H,6,7);1H,(H,5,6);(H,6,7);1H2,(H,4,5);(H,6,7);1H,(H,5,6);1H3,(H,3,4). The first kappa shape index (κ1) is 67.1. The number of aliphatic carboxylic acids is 8. The van der Waals surface area contributed by atoms with Crippen LogP contribution in [-0.2, 0) is 38.4 Å². The molecule has 0 radical (unpaired) electrons. The van der Waals surface area contributed by atoms with E-state index in [0.717, 1.165) is 6.92 Å². The Morgan fingerprint density at radius 3 is 0.731 bits per heavy atom. The van der Waals surface area contributed by atoms with Crippen LogP contribution in [0.15, 0.2) is 0 Å². The Morgan fingerprint density at radius 1 is 0.558 bits per heavy atom. The van der Waals surface area contributed by atoms with Gasteiger partial charge in [0.2, 0.25) is 4.84 Å². The molecule has 0 rings (SSSR count). The Balaban J connectivity index is -0.0000000718. The zero-order valence-corrected chi connectivity index (χ0v) is 28.7. The fraction of sp³-hybridized carbons (Fsp3) is 0.529. The van der Waals surface area contributed by atoms with Crippen molar-refractivity contribution in [3.63, 3.8) is 0 Å². The molecular formula is C17H15Cl7F12O16. The smallest absolute Gasteiger partial charge is 0.481 e. The zero-order chi connectivity index (χ0) is 45.0. The van der Waals surface area contributed by atoms with E-state index in [4.69, 9.17) is 130 Å². The second kappa shape index (κ2) is 31.5. The van der Waals surface area contributed by atoms with Gasteiger partial charge in [-0.1, -0.05) is 58.0 Å². The van der Waals surface area contributed by atoms with Crippen molar-refractivity contribution >= 4 is 129 Å². The number of alkyl halides is 19. The van der Waals surface area contributed by atoms with Gasteiger partial charge in [-0.25, -0.2) is 28.8 Å². The lowest BCUT2D eigenvalue weighted by atomic mass is 10.3. The first-order chi connectivity index (χ1) is 22.3. The van der Waals surface area contributed by atoms with Gasteiger partial charge >= 0.3 is 71.9 Å². The maximum atomic E-state index is 11.3. The number of carbonyl (C=O) groups is 8. The number of carboxylic acids is 8. The van der Waals surface area contributed by atoms with Gasteiger partial charge < -0.3 is 40.9 Å². The summed E-state index contributed by atoms with van der Waals surface area (Å²) in [6, 6.07) is 0. The summed E-state index contributed by atoms with van der Waals surface area (Å²) < 4.78 is 128. The van der Waals surface area contributed by atoms with E-state index < -0.39 is 86.5 Å². The summed E-state index contributed by atoms with van der Waals surface area (Å²) in [6.07, 6.45) is -14.3. The van der Waals surface area contributed by atoms with Gasteiger partial charge in [-0.2, -0.15) is 52.7 Å². The predicted molar refractivity (Wildman–Crippen MR) is 147 cm³/mol. The fourth-order valence-corrected chi connectivity index (χ4v) is 0.121. The molecule has 0 aromatic heterocycles. The van der Waals surface area contributed by atoms with Crippen LogP contribution in [0.2, 0.25) is 0 Å². The van der Waals surface area contributed by atoms with E-state index in [1.807, 2.05) is 0 Å². The van der Waals surface area contributed by atoms with Crippen LogP contribution in [-0.4, -0.2) is 133 Å². The van der Waals surface area contributed by atoms with Crippen LogP contribution in [0, 0.1) is 0 Å². The van der Waals surface area contributed by atoms with Gasteiger partial charge in [-0.15, -0.1) is 11.6 Å². The Bertz CT molecular complexity index is 1030. The molecule has 0 aliphatic carbocycles. The summed E-state index contributed by atoms with van der Waals surface area (Å²) >= 11 is 32.6. The van der Waals surface area contributed by atoms with Gasteiger partial charge in [0.1, 0.15) is 5.88 Å².